The summed E-state index contributed by atoms with van der Waals surface area (Å²) in [5, 5.41) is 0. The standard InChI is InChI=1S/C40H41BN2/c1-26-14-9-11-16-32(26)42-34-22-20-28(39(3,4)5)24-30(34)41-31-25-29(40(6,7)8)21-23-35(31)43(33-17-12-10-15-27(33)2)37-19-13-18-36(42)38(37)41/h9-25H,1-8H3. The predicted molar refractivity (Wildman–Crippen MR) is 187 cm³/mol. The number of hydrogen-bond donors (Lipinski definition) is 0. The second-order valence-corrected chi connectivity index (χ2v) is 14.4. The minimum absolute atomic E-state index is 0.0419. The van der Waals surface area contributed by atoms with Crippen LogP contribution in [0.2, 0.25) is 0 Å². The number of anilines is 6. The number of benzene rings is 5. The Morgan fingerprint density at radius 3 is 1.23 bits per heavy atom. The van der Waals surface area contributed by atoms with Crippen LogP contribution in [0.1, 0.15) is 63.8 Å². The van der Waals surface area contributed by atoms with E-state index in [1.807, 2.05) is 0 Å². The lowest BCUT2D eigenvalue weighted by Crippen LogP contribution is -2.61. The van der Waals surface area contributed by atoms with E-state index in [1.54, 1.807) is 0 Å². The van der Waals surface area contributed by atoms with Crippen LogP contribution in [-0.2, 0) is 10.8 Å². The Morgan fingerprint density at radius 2 is 0.837 bits per heavy atom. The van der Waals surface area contributed by atoms with E-state index in [0.29, 0.717) is 0 Å². The molecule has 43 heavy (non-hydrogen) atoms. The van der Waals surface area contributed by atoms with Gasteiger partial charge in [0.2, 0.25) is 0 Å². The van der Waals surface area contributed by atoms with Gasteiger partial charge in [0.05, 0.1) is 0 Å². The minimum atomic E-state index is 0.0419. The van der Waals surface area contributed by atoms with E-state index in [4.69, 9.17) is 0 Å². The van der Waals surface area contributed by atoms with Crippen molar-refractivity contribution in [1.82, 2.24) is 0 Å². The largest absolute Gasteiger partial charge is 0.311 e. The van der Waals surface area contributed by atoms with Crippen LogP contribution in [-0.4, -0.2) is 6.71 Å². The smallest absolute Gasteiger partial charge is 0.252 e. The van der Waals surface area contributed by atoms with Gasteiger partial charge >= 0.3 is 0 Å². The zero-order chi connectivity index (χ0) is 30.3. The lowest BCUT2D eigenvalue weighted by Gasteiger charge is -2.45. The maximum absolute atomic E-state index is 2.51. The summed E-state index contributed by atoms with van der Waals surface area (Å²) in [5.74, 6) is 0. The highest BCUT2D eigenvalue weighted by atomic mass is 15.2. The van der Waals surface area contributed by atoms with Crippen LogP contribution in [0.3, 0.4) is 0 Å². The number of fused-ring (bicyclic) bond motifs is 4. The normalized spacial score (nSPS) is 13.9. The Bertz CT molecular complexity index is 1760. The maximum Gasteiger partial charge on any atom is 0.252 e. The van der Waals surface area contributed by atoms with E-state index in [2.05, 4.69) is 168 Å². The van der Waals surface area contributed by atoms with Crippen LogP contribution in [0.5, 0.6) is 0 Å². The van der Waals surface area contributed by atoms with Gasteiger partial charge < -0.3 is 9.80 Å². The van der Waals surface area contributed by atoms with Crippen LogP contribution >= 0.6 is 0 Å². The first-order valence-corrected chi connectivity index (χ1v) is 15.6. The highest BCUT2D eigenvalue weighted by molar-refractivity contribution is 7.00. The molecule has 5 aromatic rings. The molecule has 0 aromatic heterocycles. The van der Waals surface area contributed by atoms with Crippen LogP contribution in [0.4, 0.5) is 34.1 Å². The van der Waals surface area contributed by atoms with E-state index in [0.717, 1.165) is 0 Å². The van der Waals surface area contributed by atoms with Crippen molar-refractivity contribution >= 4 is 57.2 Å². The van der Waals surface area contributed by atoms with E-state index in [9.17, 15) is 0 Å². The average Bonchev–Trinajstić information content (AvgIpc) is 2.97. The van der Waals surface area contributed by atoms with Crippen LogP contribution in [0.25, 0.3) is 0 Å². The number of hydrogen-bond acceptors (Lipinski definition) is 2. The third-order valence-corrected chi connectivity index (χ3v) is 9.43. The quantitative estimate of drug-likeness (QED) is 0.195. The molecule has 0 bridgehead atoms. The highest BCUT2D eigenvalue weighted by Crippen LogP contribution is 2.45. The molecule has 2 heterocycles. The van der Waals surface area contributed by atoms with Crippen molar-refractivity contribution in [2.75, 3.05) is 9.80 Å². The fourth-order valence-corrected chi connectivity index (χ4v) is 7.02. The van der Waals surface area contributed by atoms with Gasteiger partial charge in [-0.1, -0.05) is 108 Å². The summed E-state index contributed by atoms with van der Waals surface area (Å²) in [5.41, 5.74) is 17.0. The molecule has 0 amide bonds. The molecule has 2 aliphatic heterocycles. The Balaban J connectivity index is 1.62. The number of nitrogens with zero attached hydrogens (tertiary/aromatic N) is 2. The number of para-hydroxylation sites is 2. The topological polar surface area (TPSA) is 6.48 Å². The summed E-state index contributed by atoms with van der Waals surface area (Å²) in [6.07, 6.45) is 0. The lowest BCUT2D eigenvalue weighted by atomic mass is 9.33. The van der Waals surface area contributed by atoms with Gasteiger partial charge in [-0.15, -0.1) is 0 Å². The highest BCUT2D eigenvalue weighted by Gasteiger charge is 2.44. The van der Waals surface area contributed by atoms with Crippen molar-refractivity contribution in [3.05, 3.63) is 125 Å². The molecule has 214 valence electrons. The van der Waals surface area contributed by atoms with Crippen LogP contribution in [0, 0.1) is 13.8 Å². The third-order valence-electron chi connectivity index (χ3n) is 9.43. The zero-order valence-corrected chi connectivity index (χ0v) is 26.8. The monoisotopic (exact) mass is 560 g/mol. The van der Waals surface area contributed by atoms with E-state index in [1.165, 1.54) is 72.8 Å². The molecule has 0 unspecified atom stereocenters. The number of aryl methyl sites for hydroxylation is 2. The van der Waals surface area contributed by atoms with Gasteiger partial charge in [0.1, 0.15) is 0 Å². The summed E-state index contributed by atoms with van der Waals surface area (Å²) in [4.78, 5) is 5.03. The lowest BCUT2D eigenvalue weighted by molar-refractivity contribution is 0.590. The van der Waals surface area contributed by atoms with Crippen molar-refractivity contribution in [3.63, 3.8) is 0 Å². The van der Waals surface area contributed by atoms with Crippen LogP contribution in [0.15, 0.2) is 103 Å². The van der Waals surface area contributed by atoms with Crippen molar-refractivity contribution < 1.29 is 0 Å². The molecule has 7 rings (SSSR count). The molecule has 0 saturated carbocycles. The number of rotatable bonds is 2. The minimum Gasteiger partial charge on any atom is -0.311 e. The first-order chi connectivity index (χ1) is 20.4. The maximum atomic E-state index is 2.51. The van der Waals surface area contributed by atoms with Gasteiger partial charge in [-0.2, -0.15) is 0 Å². The molecule has 2 nitrogen and oxygen atoms in total. The molecule has 2 aliphatic rings. The molecule has 3 heteroatoms. The summed E-state index contributed by atoms with van der Waals surface area (Å²) in [6, 6.07) is 38.9. The van der Waals surface area contributed by atoms with Crippen molar-refractivity contribution in [1.29, 1.82) is 0 Å². The van der Waals surface area contributed by atoms with Gasteiger partial charge in [-0.05, 0) is 99.7 Å². The first kappa shape index (κ1) is 27.6. The van der Waals surface area contributed by atoms with Crippen molar-refractivity contribution in [2.24, 2.45) is 0 Å². The molecular weight excluding hydrogens is 519 g/mol. The predicted octanol–water partition coefficient (Wildman–Crippen LogP) is 8.98. The molecule has 0 saturated heterocycles. The molecule has 0 radical (unpaired) electrons. The van der Waals surface area contributed by atoms with Crippen molar-refractivity contribution in [2.45, 2.75) is 66.2 Å². The van der Waals surface area contributed by atoms with Crippen molar-refractivity contribution in [3.8, 4) is 0 Å². The second-order valence-electron chi connectivity index (χ2n) is 14.4. The second kappa shape index (κ2) is 9.64. The van der Waals surface area contributed by atoms with Gasteiger partial charge in [0, 0.05) is 34.1 Å². The summed E-state index contributed by atoms with van der Waals surface area (Å²) in [7, 11) is 0. The third kappa shape index (κ3) is 4.32. The molecule has 5 aromatic carbocycles. The Kier molecular flexibility index (Phi) is 6.19. The summed E-state index contributed by atoms with van der Waals surface area (Å²) < 4.78 is 0. The van der Waals surface area contributed by atoms with E-state index in [-0.39, 0.29) is 17.5 Å². The molecular formula is C40H41BN2. The molecule has 0 spiro atoms. The fraction of sp³-hybridized carbons (Fsp3) is 0.250. The molecule has 0 N–H and O–H groups in total. The fourth-order valence-electron chi connectivity index (χ4n) is 7.02. The molecule has 0 fully saturated rings. The van der Waals surface area contributed by atoms with Gasteiger partial charge in [-0.3, -0.25) is 0 Å². The van der Waals surface area contributed by atoms with E-state index >= 15 is 0 Å². The summed E-state index contributed by atoms with van der Waals surface area (Å²) >= 11 is 0. The molecule has 0 aliphatic carbocycles. The Hall–Kier alpha value is -4.24. The Morgan fingerprint density at radius 1 is 0.442 bits per heavy atom. The van der Waals surface area contributed by atoms with Gasteiger partial charge in [0.15, 0.2) is 0 Å². The first-order valence-electron chi connectivity index (χ1n) is 15.6. The van der Waals surface area contributed by atoms with Crippen LogP contribution < -0.4 is 26.2 Å². The summed E-state index contributed by atoms with van der Waals surface area (Å²) in [6.45, 7) is 18.5. The zero-order valence-electron chi connectivity index (χ0n) is 26.8. The van der Waals surface area contributed by atoms with Gasteiger partial charge in [-0.25, -0.2) is 0 Å². The molecule has 0 atom stereocenters. The van der Waals surface area contributed by atoms with E-state index < -0.39 is 0 Å². The Labute approximate surface area is 258 Å². The average molecular weight is 561 g/mol. The SMILES string of the molecule is Cc1ccccc1N1c2ccc(C(C)(C)C)cc2B2c3cc(C(C)(C)C)ccc3N(c3ccccc3C)c3cccc1c32. The van der Waals surface area contributed by atoms with Gasteiger partial charge in [0.25, 0.3) is 6.71 Å².